The molecule has 5 aliphatic rings. The minimum atomic E-state index is -0.895. The predicted molar refractivity (Wildman–Crippen MR) is 142 cm³/mol. The Hall–Kier alpha value is -3.95. The number of methoxy groups -OCH3 is 1. The molecule has 0 bridgehead atoms. The molecule has 7 atom stereocenters. The van der Waals surface area contributed by atoms with E-state index in [1.807, 2.05) is 26.8 Å². The standard InChI is InChI=1S/C31H33NO9/c1-29(9-10-39-15-29)22-13-31(3)19(28(37)41-22)7-8-30(2)20(27(36)38-4)12-21(23(33)24(30)31)40-26(35)16-5-6-17-14-32-25(34)18(17)11-16/h5-6,9-12,19-20,22,24H,7-8,13-15H2,1-4H3,(H,32,34)/t19-,20-,22-,24-,29?,30-,31-/m0/s1. The van der Waals surface area contributed by atoms with E-state index in [4.69, 9.17) is 18.9 Å². The normalized spacial score (nSPS) is 37.1. The van der Waals surface area contributed by atoms with E-state index in [0.717, 1.165) is 5.56 Å². The molecule has 2 aliphatic carbocycles. The Morgan fingerprint density at radius 1 is 1.10 bits per heavy atom. The average molecular weight is 564 g/mol. The number of hydrogen-bond donors (Lipinski definition) is 1. The quantitative estimate of drug-likeness (QED) is 0.433. The third-order valence-corrected chi connectivity index (χ3v) is 10.2. The molecule has 10 heteroatoms. The number of Topliss-reactive ketones (excluding diaryl/α,β-unsaturated/α-hetero) is 1. The zero-order valence-electron chi connectivity index (χ0n) is 23.5. The van der Waals surface area contributed by atoms with Gasteiger partial charge in [-0.2, -0.15) is 0 Å². The number of benzene rings is 1. The van der Waals surface area contributed by atoms with Gasteiger partial charge in [0.05, 0.1) is 42.8 Å². The van der Waals surface area contributed by atoms with Crippen molar-refractivity contribution in [2.75, 3.05) is 13.7 Å². The van der Waals surface area contributed by atoms with Gasteiger partial charge in [0.2, 0.25) is 5.78 Å². The number of nitrogens with one attached hydrogen (secondary N) is 1. The number of ketones is 1. The second-order valence-electron chi connectivity index (χ2n) is 12.6. The van der Waals surface area contributed by atoms with Gasteiger partial charge in [0.25, 0.3) is 5.91 Å². The summed E-state index contributed by atoms with van der Waals surface area (Å²) in [7, 11) is 1.28. The first-order chi connectivity index (χ1) is 19.4. The maximum Gasteiger partial charge on any atom is 0.343 e. The van der Waals surface area contributed by atoms with E-state index in [-0.39, 0.29) is 23.2 Å². The number of allylic oxidation sites excluding steroid dienone is 1. The third kappa shape index (κ3) is 4.01. The molecule has 1 aromatic rings. The number of carbonyl (C=O) groups is 5. The van der Waals surface area contributed by atoms with Crippen LogP contribution in [0.1, 0.15) is 66.3 Å². The topological polar surface area (TPSA) is 134 Å². The van der Waals surface area contributed by atoms with Gasteiger partial charge in [0, 0.05) is 18.0 Å². The van der Waals surface area contributed by atoms with Crippen LogP contribution in [0.15, 0.2) is 42.4 Å². The molecule has 1 N–H and O–H groups in total. The molecular formula is C31H33NO9. The third-order valence-electron chi connectivity index (χ3n) is 10.2. The van der Waals surface area contributed by atoms with Crippen LogP contribution in [0.2, 0.25) is 0 Å². The highest BCUT2D eigenvalue weighted by Gasteiger charge is 2.67. The molecule has 10 nitrogen and oxygen atoms in total. The maximum atomic E-state index is 14.3. The van der Waals surface area contributed by atoms with Crippen LogP contribution in [0.4, 0.5) is 0 Å². The monoisotopic (exact) mass is 563 g/mol. The Balaban J connectivity index is 1.38. The van der Waals surface area contributed by atoms with E-state index < -0.39 is 57.8 Å². The fraction of sp³-hybridized carbons (Fsp3) is 0.516. The summed E-state index contributed by atoms with van der Waals surface area (Å²) in [5, 5.41) is 2.70. The number of hydrogen-bond acceptors (Lipinski definition) is 9. The fourth-order valence-electron chi connectivity index (χ4n) is 7.79. The van der Waals surface area contributed by atoms with Crippen LogP contribution in [0.3, 0.4) is 0 Å². The summed E-state index contributed by atoms with van der Waals surface area (Å²) >= 11 is 0. The number of esters is 3. The van der Waals surface area contributed by atoms with E-state index in [9.17, 15) is 24.0 Å². The van der Waals surface area contributed by atoms with E-state index in [1.54, 1.807) is 12.3 Å². The van der Waals surface area contributed by atoms with Crippen molar-refractivity contribution in [3.8, 4) is 0 Å². The number of amides is 1. The minimum absolute atomic E-state index is 0.104. The highest BCUT2D eigenvalue weighted by atomic mass is 16.6. The Morgan fingerprint density at radius 3 is 2.59 bits per heavy atom. The van der Waals surface area contributed by atoms with E-state index in [2.05, 4.69) is 5.32 Å². The highest BCUT2D eigenvalue weighted by Crippen LogP contribution is 2.64. The van der Waals surface area contributed by atoms with Gasteiger partial charge >= 0.3 is 17.9 Å². The first-order valence-electron chi connectivity index (χ1n) is 13.9. The largest absolute Gasteiger partial charge is 0.500 e. The Morgan fingerprint density at radius 2 is 1.88 bits per heavy atom. The summed E-state index contributed by atoms with van der Waals surface area (Å²) in [5.41, 5.74) is -1.11. The van der Waals surface area contributed by atoms with Crippen molar-refractivity contribution in [2.24, 2.45) is 34.0 Å². The fourth-order valence-corrected chi connectivity index (χ4v) is 7.79. The van der Waals surface area contributed by atoms with Gasteiger partial charge in [0.1, 0.15) is 6.10 Å². The van der Waals surface area contributed by atoms with Crippen molar-refractivity contribution in [1.82, 2.24) is 5.32 Å². The van der Waals surface area contributed by atoms with Crippen molar-refractivity contribution >= 4 is 29.6 Å². The SMILES string of the molecule is COC(=O)[C@@H]1C=C(OC(=O)c2ccc3c(c2)C(=O)NC3)C(=O)[C@H]2[C@@]1(C)CC[C@H]1C(=O)O[C@H](C3(C)C=COC3)C[C@]21C. The van der Waals surface area contributed by atoms with Crippen molar-refractivity contribution in [3.63, 3.8) is 0 Å². The zero-order valence-corrected chi connectivity index (χ0v) is 23.5. The van der Waals surface area contributed by atoms with E-state index >= 15 is 0 Å². The summed E-state index contributed by atoms with van der Waals surface area (Å²) in [6.45, 7) is 6.45. The minimum Gasteiger partial charge on any atom is -0.500 e. The lowest BCUT2D eigenvalue weighted by molar-refractivity contribution is -0.205. The molecule has 3 aliphatic heterocycles. The van der Waals surface area contributed by atoms with Gasteiger partial charge in [-0.25, -0.2) is 4.79 Å². The summed E-state index contributed by atoms with van der Waals surface area (Å²) in [6, 6.07) is 4.64. The number of fused-ring (bicyclic) bond motifs is 4. The van der Waals surface area contributed by atoms with Crippen LogP contribution in [0, 0.1) is 34.0 Å². The van der Waals surface area contributed by atoms with E-state index in [0.29, 0.717) is 38.0 Å². The molecule has 3 heterocycles. The second-order valence-corrected chi connectivity index (χ2v) is 12.6. The van der Waals surface area contributed by atoms with Crippen LogP contribution in [-0.2, 0) is 39.9 Å². The molecule has 1 amide bonds. The Bertz CT molecular complexity index is 1440. The lowest BCUT2D eigenvalue weighted by Gasteiger charge is -2.60. The van der Waals surface area contributed by atoms with Gasteiger partial charge in [-0.15, -0.1) is 0 Å². The van der Waals surface area contributed by atoms with Gasteiger partial charge in [-0.3, -0.25) is 19.2 Å². The van der Waals surface area contributed by atoms with Crippen molar-refractivity contribution in [3.05, 3.63) is 59.1 Å². The first kappa shape index (κ1) is 27.2. The molecule has 1 unspecified atom stereocenters. The number of rotatable bonds is 4. The van der Waals surface area contributed by atoms with Crippen molar-refractivity contribution in [2.45, 2.75) is 52.7 Å². The summed E-state index contributed by atoms with van der Waals surface area (Å²) in [6.07, 6.45) is 5.53. The summed E-state index contributed by atoms with van der Waals surface area (Å²) in [5.74, 6) is -5.03. The predicted octanol–water partition coefficient (Wildman–Crippen LogP) is 3.25. The van der Waals surface area contributed by atoms with Gasteiger partial charge < -0.3 is 24.3 Å². The van der Waals surface area contributed by atoms with Crippen LogP contribution in [-0.4, -0.2) is 49.4 Å². The number of ether oxygens (including phenoxy) is 4. The Kier molecular flexibility index (Phi) is 6.17. The summed E-state index contributed by atoms with van der Waals surface area (Å²) < 4.78 is 22.3. The van der Waals surface area contributed by atoms with Crippen molar-refractivity contribution in [1.29, 1.82) is 0 Å². The smallest absolute Gasteiger partial charge is 0.343 e. The molecule has 0 radical (unpaired) electrons. The molecular weight excluding hydrogens is 530 g/mol. The van der Waals surface area contributed by atoms with E-state index in [1.165, 1.54) is 25.3 Å². The summed E-state index contributed by atoms with van der Waals surface area (Å²) in [4.78, 5) is 66.4. The number of cyclic esters (lactones) is 1. The molecule has 0 aromatic heterocycles. The number of carbonyl (C=O) groups excluding carboxylic acids is 5. The van der Waals surface area contributed by atoms with Crippen LogP contribution in [0.5, 0.6) is 0 Å². The van der Waals surface area contributed by atoms with Crippen molar-refractivity contribution < 1.29 is 42.9 Å². The second kappa shape index (κ2) is 9.29. The molecule has 1 saturated heterocycles. The molecule has 6 rings (SSSR count). The maximum absolute atomic E-state index is 14.3. The van der Waals surface area contributed by atoms with Gasteiger partial charge in [-0.1, -0.05) is 19.9 Å². The molecule has 1 aromatic carbocycles. The zero-order chi connectivity index (χ0) is 29.3. The van der Waals surface area contributed by atoms with Gasteiger partial charge in [-0.05, 0) is 66.9 Å². The van der Waals surface area contributed by atoms with Gasteiger partial charge in [0.15, 0.2) is 5.76 Å². The molecule has 216 valence electrons. The molecule has 1 saturated carbocycles. The molecule has 2 fully saturated rings. The molecule has 0 spiro atoms. The lowest BCUT2D eigenvalue weighted by Crippen LogP contribution is -2.63. The first-order valence-corrected chi connectivity index (χ1v) is 13.9. The van der Waals surface area contributed by atoms with Crippen LogP contribution >= 0.6 is 0 Å². The van der Waals surface area contributed by atoms with Crippen LogP contribution in [0.25, 0.3) is 0 Å². The van der Waals surface area contributed by atoms with Crippen LogP contribution < -0.4 is 5.32 Å². The Labute approximate surface area is 237 Å². The average Bonchev–Trinajstić information content (AvgIpc) is 3.55. The molecule has 41 heavy (non-hydrogen) atoms. The highest BCUT2D eigenvalue weighted by molar-refractivity contribution is 6.05. The lowest BCUT2D eigenvalue weighted by atomic mass is 9.44.